The minimum atomic E-state index is 0.380. The summed E-state index contributed by atoms with van der Waals surface area (Å²) in [7, 11) is 1.69. The molecule has 0 atom stereocenters. The van der Waals surface area contributed by atoms with Crippen LogP contribution in [0, 0.1) is 5.92 Å². The number of ether oxygens (including phenoxy) is 2. The van der Waals surface area contributed by atoms with Crippen LogP contribution in [0.1, 0.15) is 49.7 Å². The normalized spacial score (nSPS) is 17.7. The molecule has 4 nitrogen and oxygen atoms in total. The second-order valence-electron chi connectivity index (χ2n) is 9.78. The summed E-state index contributed by atoms with van der Waals surface area (Å²) in [6.45, 7) is 3.08. The molecule has 1 saturated carbocycles. The van der Waals surface area contributed by atoms with Crippen molar-refractivity contribution < 1.29 is 9.47 Å². The number of methoxy groups -OCH3 is 1. The van der Waals surface area contributed by atoms with Crippen molar-refractivity contribution in [3.05, 3.63) is 84.1 Å². The molecule has 2 heterocycles. The van der Waals surface area contributed by atoms with Crippen LogP contribution in [0.25, 0.3) is 17.2 Å². The first-order chi connectivity index (χ1) is 17.3. The molecule has 2 aliphatic rings. The molecule has 0 spiro atoms. The highest BCUT2D eigenvalue weighted by molar-refractivity contribution is 5.76. The van der Waals surface area contributed by atoms with Crippen LogP contribution in [0.15, 0.2) is 72.9 Å². The summed E-state index contributed by atoms with van der Waals surface area (Å²) in [6, 6.07) is 21.4. The summed E-state index contributed by atoms with van der Waals surface area (Å²) in [5, 5.41) is 0. The first kappa shape index (κ1) is 23.6. The lowest BCUT2D eigenvalue weighted by molar-refractivity contribution is 0.193. The fraction of sp³-hybridized carbons (Fsp3) is 0.387. The second-order valence-corrected chi connectivity index (χ2v) is 9.78. The maximum absolute atomic E-state index is 6.27. The van der Waals surface area contributed by atoms with Gasteiger partial charge in [-0.3, -0.25) is 4.90 Å². The zero-order valence-corrected chi connectivity index (χ0v) is 20.7. The van der Waals surface area contributed by atoms with Crippen molar-refractivity contribution in [2.75, 3.05) is 20.2 Å². The number of benzene rings is 2. The summed E-state index contributed by atoms with van der Waals surface area (Å²) in [4.78, 5) is 6.84. The Morgan fingerprint density at radius 3 is 2.60 bits per heavy atom. The van der Waals surface area contributed by atoms with Crippen molar-refractivity contribution in [1.82, 2.24) is 9.88 Å². The fourth-order valence-electron chi connectivity index (χ4n) is 5.35. The molecule has 2 fully saturated rings. The Kier molecular flexibility index (Phi) is 7.79. The van der Waals surface area contributed by atoms with E-state index in [0.29, 0.717) is 12.0 Å². The number of piperidine rings is 1. The fourth-order valence-corrected chi connectivity index (χ4v) is 5.35. The number of allylic oxidation sites excluding steroid dienone is 1. The third kappa shape index (κ3) is 6.12. The summed E-state index contributed by atoms with van der Waals surface area (Å²) < 4.78 is 11.7. The van der Waals surface area contributed by atoms with Gasteiger partial charge in [-0.15, -0.1) is 0 Å². The van der Waals surface area contributed by atoms with Crippen molar-refractivity contribution in [2.45, 2.75) is 51.2 Å². The topological polar surface area (TPSA) is 34.6 Å². The van der Waals surface area contributed by atoms with Crippen LogP contribution in [-0.4, -0.2) is 36.2 Å². The summed E-state index contributed by atoms with van der Waals surface area (Å²) in [6.07, 6.45) is 14.2. The molecule has 0 unspecified atom stereocenters. The van der Waals surface area contributed by atoms with E-state index in [2.05, 4.69) is 76.6 Å². The molecule has 1 aliphatic carbocycles. The first-order valence-corrected chi connectivity index (χ1v) is 13.0. The van der Waals surface area contributed by atoms with Gasteiger partial charge in [0.05, 0.1) is 13.2 Å². The SMILES string of the molecule is COc1ncccc1CN1CCC(C=Cc2ccccc2-c2cccc(OC3CCCC3)c2)CC1. The lowest BCUT2D eigenvalue weighted by Crippen LogP contribution is -2.32. The molecule has 1 aromatic heterocycles. The lowest BCUT2D eigenvalue weighted by Gasteiger charge is -2.30. The minimum Gasteiger partial charge on any atom is -0.490 e. The van der Waals surface area contributed by atoms with Crippen LogP contribution in [0.2, 0.25) is 0 Å². The van der Waals surface area contributed by atoms with E-state index >= 15 is 0 Å². The standard InChI is InChI=1S/C31H36N2O2/c1-34-31-27(10-7-19-32-31)23-33-20-17-24(18-21-33)15-16-25-8-2-5-14-30(25)26-9-6-13-29(22-26)35-28-11-3-4-12-28/h2,5-10,13-16,19,22,24,28H,3-4,11-12,17-18,20-21,23H2,1H3. The Bertz CT molecular complexity index is 1130. The molecule has 1 aliphatic heterocycles. The lowest BCUT2D eigenvalue weighted by atomic mass is 9.93. The van der Waals surface area contributed by atoms with Gasteiger partial charge in [-0.2, -0.15) is 0 Å². The van der Waals surface area contributed by atoms with Gasteiger partial charge >= 0.3 is 0 Å². The van der Waals surface area contributed by atoms with Gasteiger partial charge in [0.15, 0.2) is 0 Å². The third-order valence-electron chi connectivity index (χ3n) is 7.33. The Morgan fingerprint density at radius 1 is 0.943 bits per heavy atom. The van der Waals surface area contributed by atoms with Crippen LogP contribution in [0.3, 0.4) is 0 Å². The number of nitrogens with zero attached hydrogens (tertiary/aromatic N) is 2. The number of hydrogen-bond donors (Lipinski definition) is 0. The molecule has 1 saturated heterocycles. The Morgan fingerprint density at radius 2 is 1.77 bits per heavy atom. The van der Waals surface area contributed by atoms with Gasteiger partial charge in [0.25, 0.3) is 0 Å². The quantitative estimate of drug-likeness (QED) is 0.356. The molecule has 3 aromatic rings. The second kappa shape index (κ2) is 11.5. The van der Waals surface area contributed by atoms with Crippen molar-refractivity contribution in [1.29, 1.82) is 0 Å². The van der Waals surface area contributed by atoms with Gasteiger partial charge in [0, 0.05) is 18.3 Å². The molecule has 0 radical (unpaired) electrons. The van der Waals surface area contributed by atoms with E-state index in [-0.39, 0.29) is 0 Å². The molecule has 0 N–H and O–H groups in total. The minimum absolute atomic E-state index is 0.380. The zero-order valence-electron chi connectivity index (χ0n) is 20.7. The highest BCUT2D eigenvalue weighted by Gasteiger charge is 2.19. The van der Waals surface area contributed by atoms with E-state index < -0.39 is 0 Å². The van der Waals surface area contributed by atoms with Crippen LogP contribution in [0.4, 0.5) is 0 Å². The summed E-state index contributed by atoms with van der Waals surface area (Å²) in [5.41, 5.74) is 4.92. The smallest absolute Gasteiger partial charge is 0.217 e. The molecular formula is C31H36N2O2. The van der Waals surface area contributed by atoms with Gasteiger partial charge in [0.2, 0.25) is 5.88 Å². The summed E-state index contributed by atoms with van der Waals surface area (Å²) >= 11 is 0. The van der Waals surface area contributed by atoms with E-state index in [1.807, 2.05) is 6.07 Å². The largest absolute Gasteiger partial charge is 0.490 e. The first-order valence-electron chi connectivity index (χ1n) is 13.0. The van der Waals surface area contributed by atoms with Crippen LogP contribution in [-0.2, 0) is 6.54 Å². The number of rotatable bonds is 8. The van der Waals surface area contributed by atoms with Gasteiger partial charge in [0.1, 0.15) is 5.75 Å². The van der Waals surface area contributed by atoms with E-state index in [0.717, 1.165) is 36.8 Å². The molecule has 4 heteroatoms. The molecule has 182 valence electrons. The van der Waals surface area contributed by atoms with E-state index in [1.54, 1.807) is 13.3 Å². The predicted molar refractivity (Wildman–Crippen MR) is 143 cm³/mol. The highest BCUT2D eigenvalue weighted by atomic mass is 16.5. The van der Waals surface area contributed by atoms with Crippen molar-refractivity contribution >= 4 is 6.08 Å². The molecule has 2 aromatic carbocycles. The Hall–Kier alpha value is -3.11. The molecule has 35 heavy (non-hydrogen) atoms. The van der Waals surface area contributed by atoms with Gasteiger partial charge in [-0.05, 0) is 92.4 Å². The van der Waals surface area contributed by atoms with Gasteiger partial charge < -0.3 is 9.47 Å². The number of hydrogen-bond acceptors (Lipinski definition) is 4. The predicted octanol–water partition coefficient (Wildman–Crippen LogP) is 7.00. The Labute approximate surface area is 209 Å². The monoisotopic (exact) mass is 468 g/mol. The maximum Gasteiger partial charge on any atom is 0.217 e. The van der Waals surface area contributed by atoms with E-state index in [1.165, 1.54) is 55.2 Å². The molecule has 0 amide bonds. The van der Waals surface area contributed by atoms with E-state index in [9.17, 15) is 0 Å². The number of pyridine rings is 1. The molecular weight excluding hydrogens is 432 g/mol. The summed E-state index contributed by atoms with van der Waals surface area (Å²) in [5.74, 6) is 2.33. The number of likely N-dealkylation sites (tertiary alicyclic amines) is 1. The van der Waals surface area contributed by atoms with Crippen LogP contribution >= 0.6 is 0 Å². The van der Waals surface area contributed by atoms with Crippen molar-refractivity contribution in [2.24, 2.45) is 5.92 Å². The Balaban J connectivity index is 1.22. The van der Waals surface area contributed by atoms with Crippen LogP contribution < -0.4 is 9.47 Å². The average Bonchev–Trinajstić information content (AvgIpc) is 3.42. The molecule has 0 bridgehead atoms. The van der Waals surface area contributed by atoms with Gasteiger partial charge in [-0.25, -0.2) is 4.98 Å². The average molecular weight is 469 g/mol. The number of aromatic nitrogens is 1. The van der Waals surface area contributed by atoms with Crippen molar-refractivity contribution in [3.63, 3.8) is 0 Å². The molecule has 5 rings (SSSR count). The third-order valence-corrected chi connectivity index (χ3v) is 7.33. The van der Waals surface area contributed by atoms with E-state index in [4.69, 9.17) is 9.47 Å². The van der Waals surface area contributed by atoms with Crippen LogP contribution in [0.5, 0.6) is 11.6 Å². The van der Waals surface area contributed by atoms with Crippen molar-refractivity contribution in [3.8, 4) is 22.8 Å². The highest BCUT2D eigenvalue weighted by Crippen LogP contribution is 2.31. The zero-order chi connectivity index (χ0) is 23.9. The van der Waals surface area contributed by atoms with Gasteiger partial charge in [-0.1, -0.05) is 54.6 Å². The maximum atomic E-state index is 6.27.